The number of hydrogen-bond acceptors (Lipinski definition) is 6. The number of rotatable bonds is 6. The molecule has 0 bridgehead atoms. The second-order valence-corrected chi connectivity index (χ2v) is 7.91. The van der Waals surface area contributed by atoms with Crippen LogP contribution in [0.5, 0.6) is 5.75 Å². The van der Waals surface area contributed by atoms with Crippen molar-refractivity contribution in [3.8, 4) is 5.75 Å². The molecular formula is C16H18ClNO5S. The van der Waals surface area contributed by atoms with Crippen LogP contribution in [-0.2, 0) is 9.84 Å². The SMILES string of the molecule is CCOc1c(S(C)(=O)=O)ccc(C(=O)c2cnoc2C(C)C)c1Cl. The predicted octanol–water partition coefficient (Wildman–Crippen LogP) is 3.48. The van der Waals surface area contributed by atoms with Crippen LogP contribution < -0.4 is 4.74 Å². The van der Waals surface area contributed by atoms with Crippen LogP contribution in [0.15, 0.2) is 27.7 Å². The summed E-state index contributed by atoms with van der Waals surface area (Å²) >= 11 is 6.28. The third kappa shape index (κ3) is 3.47. The molecule has 0 saturated heterocycles. The Labute approximate surface area is 145 Å². The number of ketones is 1. The van der Waals surface area contributed by atoms with Crippen LogP contribution in [0.25, 0.3) is 0 Å². The van der Waals surface area contributed by atoms with Gasteiger partial charge in [-0.25, -0.2) is 8.42 Å². The summed E-state index contributed by atoms with van der Waals surface area (Å²) in [4.78, 5) is 12.7. The number of ether oxygens (including phenoxy) is 1. The number of hydrogen-bond donors (Lipinski definition) is 0. The van der Waals surface area contributed by atoms with Crippen LogP contribution >= 0.6 is 11.6 Å². The van der Waals surface area contributed by atoms with Gasteiger partial charge in [0, 0.05) is 17.7 Å². The lowest BCUT2D eigenvalue weighted by Gasteiger charge is -2.13. The Bertz CT molecular complexity index is 871. The quantitative estimate of drug-likeness (QED) is 0.722. The van der Waals surface area contributed by atoms with E-state index >= 15 is 0 Å². The number of nitrogens with zero attached hydrogens (tertiary/aromatic N) is 1. The van der Waals surface area contributed by atoms with E-state index in [4.69, 9.17) is 20.9 Å². The van der Waals surface area contributed by atoms with Gasteiger partial charge in [0.1, 0.15) is 10.7 Å². The predicted molar refractivity (Wildman–Crippen MR) is 89.8 cm³/mol. The highest BCUT2D eigenvalue weighted by Crippen LogP contribution is 2.37. The second kappa shape index (κ2) is 6.94. The van der Waals surface area contributed by atoms with Gasteiger partial charge < -0.3 is 9.26 Å². The van der Waals surface area contributed by atoms with Crippen molar-refractivity contribution in [2.45, 2.75) is 31.6 Å². The number of benzene rings is 1. The van der Waals surface area contributed by atoms with E-state index in [0.29, 0.717) is 11.3 Å². The van der Waals surface area contributed by atoms with Gasteiger partial charge in [0.25, 0.3) is 0 Å². The van der Waals surface area contributed by atoms with E-state index in [1.807, 2.05) is 13.8 Å². The number of carbonyl (C=O) groups excluding carboxylic acids is 1. The first kappa shape index (κ1) is 18.5. The molecule has 1 aromatic heterocycles. The number of aromatic nitrogens is 1. The lowest BCUT2D eigenvalue weighted by molar-refractivity contribution is 0.103. The molecule has 1 aromatic carbocycles. The van der Waals surface area contributed by atoms with E-state index in [9.17, 15) is 13.2 Å². The number of sulfone groups is 1. The molecule has 0 spiro atoms. The van der Waals surface area contributed by atoms with Crippen LogP contribution in [-0.4, -0.2) is 32.2 Å². The maximum absolute atomic E-state index is 12.8. The van der Waals surface area contributed by atoms with Crippen LogP contribution in [0.1, 0.15) is 48.4 Å². The summed E-state index contributed by atoms with van der Waals surface area (Å²) in [7, 11) is -3.55. The summed E-state index contributed by atoms with van der Waals surface area (Å²) in [6.45, 7) is 5.66. The minimum atomic E-state index is -3.55. The fourth-order valence-electron chi connectivity index (χ4n) is 2.27. The third-order valence-electron chi connectivity index (χ3n) is 3.36. The molecule has 0 saturated carbocycles. The van der Waals surface area contributed by atoms with Crippen LogP contribution in [0.4, 0.5) is 0 Å². The lowest BCUT2D eigenvalue weighted by Crippen LogP contribution is -2.09. The first-order valence-electron chi connectivity index (χ1n) is 7.33. The molecule has 0 aliphatic rings. The van der Waals surface area contributed by atoms with E-state index in [-0.39, 0.29) is 33.8 Å². The Hall–Kier alpha value is -1.86. The minimum absolute atomic E-state index is 0.0185. The zero-order chi connectivity index (χ0) is 18.1. The molecule has 0 aliphatic heterocycles. The fourth-order valence-corrected chi connectivity index (χ4v) is 3.44. The summed E-state index contributed by atoms with van der Waals surface area (Å²) in [5.41, 5.74) is 0.430. The van der Waals surface area contributed by atoms with E-state index < -0.39 is 15.6 Å². The van der Waals surface area contributed by atoms with E-state index in [1.165, 1.54) is 18.3 Å². The van der Waals surface area contributed by atoms with Gasteiger partial charge in [-0.05, 0) is 19.1 Å². The molecule has 0 fully saturated rings. The summed E-state index contributed by atoms with van der Waals surface area (Å²) in [5, 5.41) is 3.63. The normalized spacial score (nSPS) is 11.8. The van der Waals surface area contributed by atoms with Crippen LogP contribution in [0, 0.1) is 0 Å². The molecule has 0 amide bonds. The highest BCUT2D eigenvalue weighted by Gasteiger charge is 2.26. The molecule has 2 aromatic rings. The summed E-state index contributed by atoms with van der Waals surface area (Å²) in [6.07, 6.45) is 2.39. The molecule has 0 N–H and O–H groups in total. The molecular weight excluding hydrogens is 354 g/mol. The second-order valence-electron chi connectivity index (χ2n) is 5.55. The Morgan fingerprint density at radius 2 is 2.00 bits per heavy atom. The molecule has 0 atom stereocenters. The molecule has 0 unspecified atom stereocenters. The Kier molecular flexibility index (Phi) is 5.35. The standard InChI is InChI=1S/C16H18ClNO5S/c1-5-22-16-12(24(4,20)21)7-6-10(13(16)17)14(19)11-8-18-23-15(11)9(2)3/h6-9H,5H2,1-4H3. The Balaban J connectivity index is 2.61. The van der Waals surface area contributed by atoms with E-state index in [1.54, 1.807) is 6.92 Å². The number of halogens is 1. The van der Waals surface area contributed by atoms with Gasteiger partial charge in [0.2, 0.25) is 0 Å². The Morgan fingerprint density at radius 1 is 1.33 bits per heavy atom. The fraction of sp³-hybridized carbons (Fsp3) is 0.375. The summed E-state index contributed by atoms with van der Waals surface area (Å²) in [6, 6.07) is 2.70. The first-order chi connectivity index (χ1) is 11.2. The molecule has 8 heteroatoms. The number of carbonyl (C=O) groups is 1. The molecule has 130 valence electrons. The maximum Gasteiger partial charge on any atom is 0.199 e. The molecule has 2 rings (SSSR count). The summed E-state index contributed by atoms with van der Waals surface area (Å²) in [5.74, 6) is -0.00545. The first-order valence-corrected chi connectivity index (χ1v) is 9.60. The molecule has 1 heterocycles. The van der Waals surface area contributed by atoms with Crippen molar-refractivity contribution in [1.29, 1.82) is 0 Å². The van der Waals surface area contributed by atoms with Crippen molar-refractivity contribution in [2.75, 3.05) is 12.9 Å². The van der Waals surface area contributed by atoms with Crippen molar-refractivity contribution in [2.24, 2.45) is 0 Å². The van der Waals surface area contributed by atoms with Crippen molar-refractivity contribution < 1.29 is 22.5 Å². The van der Waals surface area contributed by atoms with Gasteiger partial charge in [0.05, 0.1) is 23.4 Å². The van der Waals surface area contributed by atoms with E-state index in [0.717, 1.165) is 6.26 Å². The van der Waals surface area contributed by atoms with Crippen LogP contribution in [0.3, 0.4) is 0 Å². The highest BCUT2D eigenvalue weighted by molar-refractivity contribution is 7.90. The minimum Gasteiger partial charge on any atom is -0.491 e. The molecule has 0 radical (unpaired) electrons. The van der Waals surface area contributed by atoms with Crippen molar-refractivity contribution in [3.05, 3.63) is 40.2 Å². The van der Waals surface area contributed by atoms with Gasteiger partial charge >= 0.3 is 0 Å². The van der Waals surface area contributed by atoms with Gasteiger partial charge in [0.15, 0.2) is 21.4 Å². The monoisotopic (exact) mass is 371 g/mol. The van der Waals surface area contributed by atoms with Crippen LogP contribution in [0.2, 0.25) is 5.02 Å². The van der Waals surface area contributed by atoms with Crippen molar-refractivity contribution >= 4 is 27.2 Å². The topological polar surface area (TPSA) is 86.5 Å². The molecule has 6 nitrogen and oxygen atoms in total. The van der Waals surface area contributed by atoms with Gasteiger partial charge in [-0.3, -0.25) is 4.79 Å². The smallest absolute Gasteiger partial charge is 0.199 e. The average Bonchev–Trinajstić information content (AvgIpc) is 2.97. The molecule has 0 aliphatic carbocycles. The zero-order valence-electron chi connectivity index (χ0n) is 13.8. The van der Waals surface area contributed by atoms with Gasteiger partial charge in [-0.1, -0.05) is 30.6 Å². The van der Waals surface area contributed by atoms with E-state index in [2.05, 4.69) is 5.16 Å². The zero-order valence-corrected chi connectivity index (χ0v) is 15.4. The van der Waals surface area contributed by atoms with Gasteiger partial charge in [-0.15, -0.1) is 0 Å². The Morgan fingerprint density at radius 3 is 2.54 bits per heavy atom. The average molecular weight is 372 g/mol. The molecule has 24 heavy (non-hydrogen) atoms. The largest absolute Gasteiger partial charge is 0.491 e. The van der Waals surface area contributed by atoms with Crippen molar-refractivity contribution in [1.82, 2.24) is 5.16 Å². The maximum atomic E-state index is 12.8. The van der Waals surface area contributed by atoms with Crippen molar-refractivity contribution in [3.63, 3.8) is 0 Å². The summed E-state index contributed by atoms with van der Waals surface area (Å²) < 4.78 is 34.3. The lowest BCUT2D eigenvalue weighted by atomic mass is 9.99. The van der Waals surface area contributed by atoms with Gasteiger partial charge in [-0.2, -0.15) is 0 Å². The highest BCUT2D eigenvalue weighted by atomic mass is 35.5. The third-order valence-corrected chi connectivity index (χ3v) is 4.86.